The van der Waals surface area contributed by atoms with Crippen LogP contribution in [-0.4, -0.2) is 56.0 Å². The maximum Gasteiger partial charge on any atom is 0.263 e. The highest BCUT2D eigenvalue weighted by molar-refractivity contribution is 6.24. The number of ether oxygens (including phenoxy) is 1. The Morgan fingerprint density at radius 3 is 2.68 bits per heavy atom. The molecule has 2 N–H and O–H groups in total. The Balaban J connectivity index is 2.24. The predicted octanol–water partition coefficient (Wildman–Crippen LogP) is 1.65. The lowest BCUT2D eigenvalue weighted by Gasteiger charge is -2.26. The molecule has 1 aliphatic heterocycles. The zero-order valence-electron chi connectivity index (χ0n) is 14.7. The average molecular weight is 347 g/mol. The minimum absolute atomic E-state index is 0.225. The average Bonchev–Trinajstić information content (AvgIpc) is 2.86. The van der Waals surface area contributed by atoms with Crippen molar-refractivity contribution >= 4 is 23.9 Å². The first-order valence-electron chi connectivity index (χ1n) is 8.56. The number of hydrogen-bond donors (Lipinski definition) is 2. The maximum absolute atomic E-state index is 13.0. The van der Waals surface area contributed by atoms with Crippen LogP contribution in [-0.2, 0) is 9.53 Å². The van der Waals surface area contributed by atoms with Gasteiger partial charge in [-0.25, -0.2) is 0 Å². The van der Waals surface area contributed by atoms with Gasteiger partial charge in [-0.1, -0.05) is 19.4 Å². The Bertz CT molecular complexity index is 633. The summed E-state index contributed by atoms with van der Waals surface area (Å²) in [6.07, 6.45) is 2.73. The summed E-state index contributed by atoms with van der Waals surface area (Å²) in [5, 5.41) is 5.76. The summed E-state index contributed by atoms with van der Waals surface area (Å²) in [4.78, 5) is 37.6. The van der Waals surface area contributed by atoms with E-state index in [2.05, 4.69) is 10.6 Å². The van der Waals surface area contributed by atoms with Crippen molar-refractivity contribution in [1.29, 1.82) is 0 Å². The molecule has 0 bridgehead atoms. The van der Waals surface area contributed by atoms with Gasteiger partial charge in [0, 0.05) is 31.9 Å². The number of methoxy groups -OCH3 is 1. The summed E-state index contributed by atoms with van der Waals surface area (Å²) in [5.74, 6) is -0.537. The summed E-state index contributed by atoms with van der Waals surface area (Å²) in [6.45, 7) is 3.50. The molecule has 1 atom stereocenters. The van der Waals surface area contributed by atoms with Crippen molar-refractivity contribution in [3.05, 3.63) is 29.3 Å². The van der Waals surface area contributed by atoms with E-state index in [1.807, 2.05) is 6.92 Å². The molecule has 1 aromatic carbocycles. The molecule has 7 nitrogen and oxygen atoms in total. The molecule has 136 valence electrons. The van der Waals surface area contributed by atoms with Gasteiger partial charge in [0.25, 0.3) is 11.8 Å². The minimum atomic E-state index is -0.273. The van der Waals surface area contributed by atoms with Gasteiger partial charge in [0.05, 0.1) is 17.7 Å². The van der Waals surface area contributed by atoms with Crippen LogP contribution in [0.4, 0.5) is 5.69 Å². The van der Waals surface area contributed by atoms with Crippen LogP contribution >= 0.6 is 0 Å². The smallest absolute Gasteiger partial charge is 0.263 e. The Morgan fingerprint density at radius 2 is 2.00 bits per heavy atom. The zero-order valence-corrected chi connectivity index (χ0v) is 14.7. The molecule has 0 saturated heterocycles. The number of benzene rings is 1. The van der Waals surface area contributed by atoms with Gasteiger partial charge in [-0.15, -0.1) is 0 Å². The summed E-state index contributed by atoms with van der Waals surface area (Å²) in [5.41, 5.74) is 1.50. The van der Waals surface area contributed by atoms with E-state index in [1.165, 1.54) is 4.90 Å². The monoisotopic (exact) mass is 347 g/mol. The highest BCUT2D eigenvalue weighted by Gasteiger charge is 2.40. The fourth-order valence-corrected chi connectivity index (χ4v) is 3.11. The lowest BCUT2D eigenvalue weighted by atomic mass is 10.1. The molecule has 1 aromatic rings. The second-order valence-corrected chi connectivity index (χ2v) is 5.93. The van der Waals surface area contributed by atoms with Gasteiger partial charge in [-0.05, 0) is 25.0 Å². The third-order valence-electron chi connectivity index (χ3n) is 4.26. The highest BCUT2D eigenvalue weighted by Crippen LogP contribution is 2.32. The Kier molecular flexibility index (Phi) is 6.94. The summed E-state index contributed by atoms with van der Waals surface area (Å²) < 4.78 is 5.02. The van der Waals surface area contributed by atoms with Crippen LogP contribution < -0.4 is 10.6 Å². The summed E-state index contributed by atoms with van der Waals surface area (Å²) in [7, 11) is 1.61. The van der Waals surface area contributed by atoms with Crippen molar-refractivity contribution in [3.8, 4) is 0 Å². The SMILES string of the molecule is CCCC(CCNC=O)N1C(=O)c2cccc(NCCOC)c2C1=O. The molecule has 0 saturated carbocycles. The zero-order chi connectivity index (χ0) is 18.2. The molecule has 0 spiro atoms. The van der Waals surface area contributed by atoms with Gasteiger partial charge in [-0.2, -0.15) is 0 Å². The first kappa shape index (κ1) is 18.9. The van der Waals surface area contributed by atoms with Crippen molar-refractivity contribution in [2.24, 2.45) is 0 Å². The predicted molar refractivity (Wildman–Crippen MR) is 94.7 cm³/mol. The molecule has 7 heteroatoms. The standard InChI is InChI=1S/C18H25N3O4/c1-3-5-13(8-9-19-12-22)21-17(23)14-6-4-7-15(16(14)18(21)24)20-10-11-25-2/h4,6-7,12-13,20H,3,5,8-11H2,1-2H3,(H,19,22). The van der Waals surface area contributed by atoms with Crippen LogP contribution in [0.1, 0.15) is 46.9 Å². The number of imide groups is 1. The normalized spacial score (nSPS) is 14.4. The lowest BCUT2D eigenvalue weighted by molar-refractivity contribution is -0.109. The van der Waals surface area contributed by atoms with Crippen molar-refractivity contribution in [3.63, 3.8) is 0 Å². The topological polar surface area (TPSA) is 87.7 Å². The number of carbonyl (C=O) groups is 3. The van der Waals surface area contributed by atoms with E-state index >= 15 is 0 Å². The van der Waals surface area contributed by atoms with Crippen LogP contribution in [0.2, 0.25) is 0 Å². The number of amides is 3. The molecule has 0 aromatic heterocycles. The summed E-state index contributed by atoms with van der Waals surface area (Å²) >= 11 is 0. The van der Waals surface area contributed by atoms with Crippen molar-refractivity contribution in [1.82, 2.24) is 10.2 Å². The van der Waals surface area contributed by atoms with E-state index in [-0.39, 0.29) is 17.9 Å². The molecule has 1 aliphatic rings. The largest absolute Gasteiger partial charge is 0.383 e. The van der Waals surface area contributed by atoms with Crippen molar-refractivity contribution < 1.29 is 19.1 Å². The second-order valence-electron chi connectivity index (χ2n) is 5.93. The number of rotatable bonds is 11. The molecule has 0 radical (unpaired) electrons. The van der Waals surface area contributed by atoms with E-state index in [9.17, 15) is 14.4 Å². The minimum Gasteiger partial charge on any atom is -0.383 e. The van der Waals surface area contributed by atoms with Crippen LogP contribution in [0.5, 0.6) is 0 Å². The number of anilines is 1. The molecule has 1 unspecified atom stereocenters. The van der Waals surface area contributed by atoms with Crippen LogP contribution in [0.15, 0.2) is 18.2 Å². The number of hydrogen-bond acceptors (Lipinski definition) is 5. The van der Waals surface area contributed by atoms with Gasteiger partial charge in [0.1, 0.15) is 0 Å². The first-order valence-corrected chi connectivity index (χ1v) is 8.56. The molecule has 1 heterocycles. The van der Waals surface area contributed by atoms with Crippen molar-refractivity contribution in [2.75, 3.05) is 32.1 Å². The van der Waals surface area contributed by atoms with E-state index in [0.717, 1.165) is 6.42 Å². The molecule has 0 fully saturated rings. The van der Waals surface area contributed by atoms with Gasteiger partial charge in [0.2, 0.25) is 6.41 Å². The van der Waals surface area contributed by atoms with E-state index in [1.54, 1.807) is 25.3 Å². The maximum atomic E-state index is 13.0. The molecule has 0 aliphatic carbocycles. The Morgan fingerprint density at radius 1 is 1.20 bits per heavy atom. The van der Waals surface area contributed by atoms with Crippen molar-refractivity contribution in [2.45, 2.75) is 32.2 Å². The van der Waals surface area contributed by atoms with Gasteiger partial charge < -0.3 is 15.4 Å². The lowest BCUT2D eigenvalue weighted by Crippen LogP contribution is -2.41. The number of carbonyl (C=O) groups excluding carboxylic acids is 3. The van der Waals surface area contributed by atoms with Crippen LogP contribution in [0.3, 0.4) is 0 Å². The fourth-order valence-electron chi connectivity index (χ4n) is 3.11. The van der Waals surface area contributed by atoms with Gasteiger partial charge in [-0.3, -0.25) is 19.3 Å². The highest BCUT2D eigenvalue weighted by atomic mass is 16.5. The fraction of sp³-hybridized carbons (Fsp3) is 0.500. The number of nitrogens with one attached hydrogen (secondary N) is 2. The molecular formula is C18H25N3O4. The molecule has 25 heavy (non-hydrogen) atoms. The third-order valence-corrected chi connectivity index (χ3v) is 4.26. The molecular weight excluding hydrogens is 322 g/mol. The van der Waals surface area contributed by atoms with E-state index in [0.29, 0.717) is 55.8 Å². The molecule has 3 amide bonds. The van der Waals surface area contributed by atoms with E-state index < -0.39 is 0 Å². The summed E-state index contributed by atoms with van der Waals surface area (Å²) in [6, 6.07) is 5.03. The quantitative estimate of drug-likeness (QED) is 0.361. The number of nitrogens with zero attached hydrogens (tertiary/aromatic N) is 1. The first-order chi connectivity index (χ1) is 12.2. The Labute approximate surface area is 147 Å². The van der Waals surface area contributed by atoms with E-state index in [4.69, 9.17) is 4.74 Å². The second kappa shape index (κ2) is 9.17. The third kappa shape index (κ3) is 4.17. The van der Waals surface area contributed by atoms with Gasteiger partial charge in [0.15, 0.2) is 0 Å². The molecule has 2 rings (SSSR count). The van der Waals surface area contributed by atoms with Crippen LogP contribution in [0, 0.1) is 0 Å². The van der Waals surface area contributed by atoms with Gasteiger partial charge >= 0.3 is 0 Å². The Hall–Kier alpha value is -2.41. The number of fused-ring (bicyclic) bond motifs is 1. The van der Waals surface area contributed by atoms with Crippen LogP contribution in [0.25, 0.3) is 0 Å².